The lowest BCUT2D eigenvalue weighted by Crippen LogP contribution is -2.10. The molecule has 2 aromatic heterocycles. The fourth-order valence-corrected chi connectivity index (χ4v) is 3.29. The molecule has 0 aliphatic rings. The van der Waals surface area contributed by atoms with Gasteiger partial charge in [0.25, 0.3) is 11.8 Å². The van der Waals surface area contributed by atoms with Crippen LogP contribution in [0.2, 0.25) is 10.0 Å². The largest absolute Gasteiger partial charge is 0.403 e. The van der Waals surface area contributed by atoms with Gasteiger partial charge in [0.1, 0.15) is 0 Å². The monoisotopic (exact) mass is 417 g/mol. The van der Waals surface area contributed by atoms with Crippen LogP contribution in [0.25, 0.3) is 11.5 Å². The van der Waals surface area contributed by atoms with E-state index in [2.05, 4.69) is 31.4 Å². The zero-order valence-electron chi connectivity index (χ0n) is 10.6. The van der Waals surface area contributed by atoms with Crippen molar-refractivity contribution in [3.63, 3.8) is 0 Å². The molecule has 1 amide bonds. The van der Waals surface area contributed by atoms with Gasteiger partial charge in [-0.3, -0.25) is 10.1 Å². The van der Waals surface area contributed by atoms with Crippen LogP contribution in [0.1, 0.15) is 9.67 Å². The fraction of sp³-hybridized carbons (Fsp3) is 0. The first-order chi connectivity index (χ1) is 10.5. The summed E-state index contributed by atoms with van der Waals surface area (Å²) in [5.74, 6) is -0.154. The lowest BCUT2D eigenvalue weighted by molar-refractivity contribution is 0.102. The Bertz CT molecular complexity index is 849. The number of halogens is 3. The third-order valence-corrected chi connectivity index (χ3v) is 4.79. The van der Waals surface area contributed by atoms with Gasteiger partial charge in [-0.1, -0.05) is 28.3 Å². The van der Waals surface area contributed by atoms with Gasteiger partial charge in [0, 0.05) is 5.02 Å². The van der Waals surface area contributed by atoms with Crippen molar-refractivity contribution in [3.05, 3.63) is 49.0 Å². The summed E-state index contributed by atoms with van der Waals surface area (Å²) in [5, 5.41) is 11.1. The number of anilines is 1. The topological polar surface area (TPSA) is 68.0 Å². The number of hydrogen-bond acceptors (Lipinski definition) is 5. The average molecular weight is 419 g/mol. The van der Waals surface area contributed by atoms with Gasteiger partial charge in [0.05, 0.1) is 19.2 Å². The van der Waals surface area contributed by atoms with E-state index < -0.39 is 0 Å². The second-order valence-corrected chi connectivity index (χ2v) is 7.40. The van der Waals surface area contributed by atoms with Gasteiger partial charge in [-0.05, 0) is 46.3 Å². The molecule has 22 heavy (non-hydrogen) atoms. The minimum atomic E-state index is -0.330. The quantitative estimate of drug-likeness (QED) is 0.640. The van der Waals surface area contributed by atoms with Crippen molar-refractivity contribution < 1.29 is 9.21 Å². The number of rotatable bonds is 3. The number of nitrogens with zero attached hydrogens (tertiary/aromatic N) is 2. The minimum Gasteiger partial charge on any atom is -0.403 e. The Hall–Kier alpha value is -1.41. The van der Waals surface area contributed by atoms with E-state index >= 15 is 0 Å². The van der Waals surface area contributed by atoms with Gasteiger partial charge in [-0.25, -0.2) is 0 Å². The Morgan fingerprint density at radius 3 is 2.77 bits per heavy atom. The van der Waals surface area contributed by atoms with E-state index in [0.29, 0.717) is 20.5 Å². The van der Waals surface area contributed by atoms with Crippen molar-refractivity contribution >= 4 is 62.4 Å². The predicted molar refractivity (Wildman–Crippen MR) is 89.7 cm³/mol. The maximum absolute atomic E-state index is 12.0. The van der Waals surface area contributed by atoms with Gasteiger partial charge < -0.3 is 4.42 Å². The number of carbonyl (C=O) groups is 1. The third kappa shape index (κ3) is 3.33. The minimum absolute atomic E-state index is 0.0134. The Labute approximate surface area is 147 Å². The molecule has 0 spiro atoms. The van der Waals surface area contributed by atoms with Gasteiger partial charge >= 0.3 is 6.01 Å². The van der Waals surface area contributed by atoms with Crippen LogP contribution in [0.5, 0.6) is 0 Å². The van der Waals surface area contributed by atoms with Crippen molar-refractivity contribution in [1.29, 1.82) is 0 Å². The average Bonchev–Trinajstić information content (AvgIpc) is 3.11. The van der Waals surface area contributed by atoms with Gasteiger partial charge in [0.2, 0.25) is 0 Å². The molecule has 0 aliphatic carbocycles. The van der Waals surface area contributed by atoms with Crippen LogP contribution in [0, 0.1) is 0 Å². The molecule has 1 aromatic carbocycles. The zero-order valence-corrected chi connectivity index (χ0v) is 14.6. The SMILES string of the molecule is O=C(Nc1nnc(-c2cc(Cl)ccc2Cl)o1)c1ccc(Br)s1. The van der Waals surface area contributed by atoms with E-state index in [9.17, 15) is 4.79 Å². The molecule has 0 fully saturated rings. The van der Waals surface area contributed by atoms with Gasteiger partial charge in [-0.15, -0.1) is 16.4 Å². The lowest BCUT2D eigenvalue weighted by atomic mass is 10.2. The first-order valence-corrected chi connectivity index (χ1v) is 8.25. The molecule has 9 heteroatoms. The number of nitrogens with one attached hydrogen (secondary N) is 1. The van der Waals surface area contributed by atoms with E-state index in [0.717, 1.165) is 3.79 Å². The van der Waals surface area contributed by atoms with E-state index in [-0.39, 0.29) is 17.8 Å². The number of hydrogen-bond donors (Lipinski definition) is 1. The molecule has 0 radical (unpaired) electrons. The van der Waals surface area contributed by atoms with Gasteiger partial charge in [0.15, 0.2) is 0 Å². The summed E-state index contributed by atoms with van der Waals surface area (Å²) in [7, 11) is 0. The van der Waals surface area contributed by atoms with Crippen LogP contribution in [-0.4, -0.2) is 16.1 Å². The van der Waals surface area contributed by atoms with Crippen LogP contribution in [0.4, 0.5) is 6.01 Å². The normalized spacial score (nSPS) is 10.7. The number of aromatic nitrogens is 2. The van der Waals surface area contributed by atoms with Crippen molar-refractivity contribution in [1.82, 2.24) is 10.2 Å². The van der Waals surface area contributed by atoms with Crippen molar-refractivity contribution in [2.45, 2.75) is 0 Å². The smallest absolute Gasteiger partial charge is 0.322 e. The van der Waals surface area contributed by atoms with Crippen LogP contribution >= 0.6 is 50.5 Å². The van der Waals surface area contributed by atoms with Crippen molar-refractivity contribution in [2.75, 3.05) is 5.32 Å². The van der Waals surface area contributed by atoms with Crippen molar-refractivity contribution in [2.24, 2.45) is 0 Å². The molecular weight excluding hydrogens is 413 g/mol. The number of carbonyl (C=O) groups excluding carboxylic acids is 1. The molecule has 0 unspecified atom stereocenters. The standard InChI is InChI=1S/C13H6BrCl2N3O2S/c14-10-4-3-9(22-10)11(20)17-13-19-18-12(21-13)7-5-6(15)1-2-8(7)16/h1-5H,(H,17,19,20). The Kier molecular flexibility index (Phi) is 4.49. The Balaban J connectivity index is 1.82. The van der Waals surface area contributed by atoms with Crippen molar-refractivity contribution in [3.8, 4) is 11.5 Å². The summed E-state index contributed by atoms with van der Waals surface area (Å²) >= 11 is 16.6. The summed E-state index contributed by atoms with van der Waals surface area (Å²) in [5.41, 5.74) is 0.501. The summed E-state index contributed by atoms with van der Waals surface area (Å²) in [6, 6.07) is 8.35. The van der Waals surface area contributed by atoms with Crippen LogP contribution < -0.4 is 5.32 Å². The van der Waals surface area contributed by atoms with Gasteiger partial charge in [-0.2, -0.15) is 0 Å². The molecule has 3 rings (SSSR count). The fourth-order valence-electron chi connectivity index (χ4n) is 1.64. The van der Waals surface area contributed by atoms with E-state index in [1.807, 2.05) is 0 Å². The van der Waals surface area contributed by atoms with E-state index in [1.54, 1.807) is 30.3 Å². The molecular formula is C13H6BrCl2N3O2S. The molecule has 3 aromatic rings. The van der Waals surface area contributed by atoms with E-state index in [1.165, 1.54) is 11.3 Å². The third-order valence-electron chi connectivity index (χ3n) is 2.60. The maximum atomic E-state index is 12.0. The highest BCUT2D eigenvalue weighted by molar-refractivity contribution is 9.11. The van der Waals surface area contributed by atoms with Crippen LogP contribution in [0.15, 0.2) is 38.5 Å². The zero-order chi connectivity index (χ0) is 15.7. The highest BCUT2D eigenvalue weighted by atomic mass is 79.9. The number of amides is 1. The molecule has 0 saturated carbocycles. The predicted octanol–water partition coefficient (Wildman–Crippen LogP) is 5.12. The van der Waals surface area contributed by atoms with Crippen LogP contribution in [-0.2, 0) is 0 Å². The van der Waals surface area contributed by atoms with Crippen LogP contribution in [0.3, 0.4) is 0 Å². The number of benzene rings is 1. The Morgan fingerprint density at radius 1 is 1.23 bits per heavy atom. The molecule has 0 atom stereocenters. The maximum Gasteiger partial charge on any atom is 0.322 e. The summed E-state index contributed by atoms with van der Waals surface area (Å²) < 4.78 is 6.26. The molecule has 0 saturated heterocycles. The first-order valence-electron chi connectivity index (χ1n) is 5.88. The molecule has 2 heterocycles. The molecule has 0 aliphatic heterocycles. The number of thiophene rings is 1. The first kappa shape index (κ1) is 15.5. The second kappa shape index (κ2) is 6.37. The van der Waals surface area contributed by atoms with E-state index in [4.69, 9.17) is 27.6 Å². The molecule has 0 bridgehead atoms. The molecule has 5 nitrogen and oxygen atoms in total. The Morgan fingerprint density at radius 2 is 2.05 bits per heavy atom. The highest BCUT2D eigenvalue weighted by Crippen LogP contribution is 2.30. The summed E-state index contributed by atoms with van der Waals surface area (Å²) in [4.78, 5) is 12.5. The highest BCUT2D eigenvalue weighted by Gasteiger charge is 2.16. The second-order valence-electron chi connectivity index (χ2n) is 4.09. The lowest BCUT2D eigenvalue weighted by Gasteiger charge is -1.99. The molecule has 112 valence electrons. The summed E-state index contributed by atoms with van der Waals surface area (Å²) in [6.45, 7) is 0. The summed E-state index contributed by atoms with van der Waals surface area (Å²) in [6.07, 6.45) is 0. The molecule has 1 N–H and O–H groups in total.